The van der Waals surface area contributed by atoms with Crippen LogP contribution in [0.25, 0.3) is 17.2 Å². The van der Waals surface area contributed by atoms with Crippen molar-refractivity contribution in [1.29, 1.82) is 0 Å². The summed E-state index contributed by atoms with van der Waals surface area (Å²) in [5.41, 5.74) is 7.15. The number of carbonyl (C=O) groups excluding carboxylic acids is 1. The van der Waals surface area contributed by atoms with Crippen molar-refractivity contribution in [3.05, 3.63) is 91.6 Å². The number of amides is 1. The lowest BCUT2D eigenvalue weighted by atomic mass is 10.0. The minimum Gasteiger partial charge on any atom is -0.369 e. The second-order valence-corrected chi connectivity index (χ2v) is 10.7. The molecular weight excluding hydrogens is 538 g/mol. The number of anilines is 2. The van der Waals surface area contributed by atoms with Gasteiger partial charge >= 0.3 is 0 Å². The Morgan fingerprint density at radius 3 is 2.39 bits per heavy atom. The highest BCUT2D eigenvalue weighted by Gasteiger charge is 2.17. The van der Waals surface area contributed by atoms with Crippen LogP contribution in [0.2, 0.25) is 5.02 Å². The van der Waals surface area contributed by atoms with Crippen LogP contribution < -0.4 is 37.8 Å². The molecule has 1 saturated heterocycles. The van der Waals surface area contributed by atoms with Crippen LogP contribution in [-0.4, -0.2) is 48.6 Å². The predicted molar refractivity (Wildman–Crippen MR) is 165 cm³/mol. The summed E-state index contributed by atoms with van der Waals surface area (Å²) in [6.45, 7) is 8.64. The number of piperazine rings is 1. The normalized spacial score (nSPS) is 15.5. The Hall–Kier alpha value is -3.92. The molecule has 10 heteroatoms. The summed E-state index contributed by atoms with van der Waals surface area (Å²) in [6, 6.07) is 15.1. The van der Waals surface area contributed by atoms with E-state index in [4.69, 9.17) is 22.4 Å². The van der Waals surface area contributed by atoms with Crippen molar-refractivity contribution in [2.45, 2.75) is 33.2 Å². The summed E-state index contributed by atoms with van der Waals surface area (Å²) in [4.78, 5) is 35.4. The highest BCUT2D eigenvalue weighted by atomic mass is 35.5. The largest absolute Gasteiger partial charge is 0.369 e. The third kappa shape index (κ3) is 5.93. The molecule has 3 aromatic rings. The summed E-state index contributed by atoms with van der Waals surface area (Å²) in [6.07, 6.45) is 3.62. The van der Waals surface area contributed by atoms with E-state index in [0.29, 0.717) is 40.2 Å². The number of nitrogens with two attached hydrogens (primary N) is 1. The molecule has 41 heavy (non-hydrogen) atoms. The SMILES string of the molecule is CCC1=C(Nc2ccc(N3CCN(C)CC3)cc2)N=c2c(cc(-c3ccc(C(=O)NN)cc3Cl)c(=O)n2CC)=CC1. The Balaban J connectivity index is 1.51. The Morgan fingerprint density at radius 2 is 1.76 bits per heavy atom. The number of benzene rings is 2. The van der Waals surface area contributed by atoms with Crippen LogP contribution in [0, 0.1) is 0 Å². The smallest absolute Gasteiger partial charge is 0.265 e. The summed E-state index contributed by atoms with van der Waals surface area (Å²) >= 11 is 6.55. The quantitative estimate of drug-likeness (QED) is 0.228. The molecule has 4 N–H and O–H groups in total. The minimum absolute atomic E-state index is 0.197. The molecule has 0 saturated carbocycles. The summed E-state index contributed by atoms with van der Waals surface area (Å²) in [5.74, 6) is 5.57. The van der Waals surface area contributed by atoms with Gasteiger partial charge < -0.3 is 15.1 Å². The number of nitrogen functional groups attached to an aromatic ring is 1. The number of likely N-dealkylation sites (N-methyl/N-ethyl adjacent to an activating group) is 1. The highest BCUT2D eigenvalue weighted by Crippen LogP contribution is 2.27. The molecule has 214 valence electrons. The van der Waals surface area contributed by atoms with E-state index >= 15 is 0 Å². The zero-order valence-corrected chi connectivity index (χ0v) is 24.5. The fraction of sp³-hybridized carbons (Fsp3) is 0.323. The van der Waals surface area contributed by atoms with E-state index in [1.54, 1.807) is 16.7 Å². The number of carbonyl (C=O) groups is 1. The van der Waals surface area contributed by atoms with Gasteiger partial charge in [-0.3, -0.25) is 19.6 Å². The molecule has 0 radical (unpaired) electrons. The van der Waals surface area contributed by atoms with Crippen molar-refractivity contribution < 1.29 is 4.79 Å². The monoisotopic (exact) mass is 573 g/mol. The minimum atomic E-state index is -0.453. The fourth-order valence-corrected chi connectivity index (χ4v) is 5.58. The summed E-state index contributed by atoms with van der Waals surface area (Å²) in [7, 11) is 2.16. The van der Waals surface area contributed by atoms with E-state index in [2.05, 4.69) is 64.9 Å². The van der Waals surface area contributed by atoms with Crippen LogP contribution in [0.4, 0.5) is 11.4 Å². The molecule has 2 aromatic carbocycles. The van der Waals surface area contributed by atoms with E-state index in [1.807, 2.05) is 13.0 Å². The topological polar surface area (TPSA) is 108 Å². The Labute approximate surface area is 244 Å². The van der Waals surface area contributed by atoms with Crippen LogP contribution >= 0.6 is 11.6 Å². The number of nitrogens with one attached hydrogen (secondary N) is 2. The summed E-state index contributed by atoms with van der Waals surface area (Å²) < 4.78 is 1.68. The molecule has 1 amide bonds. The van der Waals surface area contributed by atoms with Gasteiger partial charge in [-0.05, 0) is 74.9 Å². The lowest BCUT2D eigenvalue weighted by Crippen LogP contribution is -2.44. The summed E-state index contributed by atoms with van der Waals surface area (Å²) in [5, 5.41) is 4.68. The molecule has 3 heterocycles. The molecule has 0 spiro atoms. The first-order valence-corrected chi connectivity index (χ1v) is 14.4. The van der Waals surface area contributed by atoms with Crippen LogP contribution in [-0.2, 0) is 6.54 Å². The lowest BCUT2D eigenvalue weighted by Gasteiger charge is -2.34. The van der Waals surface area contributed by atoms with Crippen LogP contribution in [0.15, 0.2) is 69.7 Å². The van der Waals surface area contributed by atoms with E-state index in [1.165, 1.54) is 11.8 Å². The van der Waals surface area contributed by atoms with Gasteiger partial charge in [-0.1, -0.05) is 30.7 Å². The van der Waals surface area contributed by atoms with Gasteiger partial charge in [0.25, 0.3) is 11.5 Å². The molecule has 5 rings (SSSR count). The van der Waals surface area contributed by atoms with Gasteiger partial charge in [-0.2, -0.15) is 0 Å². The number of hydrazine groups is 1. The second kappa shape index (κ2) is 12.3. The van der Waals surface area contributed by atoms with Gasteiger partial charge in [0.05, 0.1) is 0 Å². The van der Waals surface area contributed by atoms with Gasteiger partial charge in [0.2, 0.25) is 0 Å². The molecule has 2 aliphatic rings. The van der Waals surface area contributed by atoms with Crippen molar-refractivity contribution in [2.24, 2.45) is 10.8 Å². The predicted octanol–water partition coefficient (Wildman–Crippen LogP) is 3.08. The number of nitrogens with zero attached hydrogens (tertiary/aromatic N) is 4. The Bertz CT molecular complexity index is 1670. The number of allylic oxidation sites excluding steroid dienone is 1. The van der Waals surface area contributed by atoms with Crippen LogP contribution in [0.1, 0.15) is 37.0 Å². The molecule has 0 atom stereocenters. The Kier molecular flexibility index (Phi) is 8.58. The van der Waals surface area contributed by atoms with Crippen molar-refractivity contribution in [3.63, 3.8) is 0 Å². The van der Waals surface area contributed by atoms with E-state index in [0.717, 1.165) is 54.9 Å². The number of fused-ring (bicyclic) bond motifs is 1. The number of pyridine rings is 1. The zero-order chi connectivity index (χ0) is 29.1. The number of hydrogen-bond acceptors (Lipinski definition) is 7. The van der Waals surface area contributed by atoms with Gasteiger partial charge in [0.15, 0.2) is 0 Å². The van der Waals surface area contributed by atoms with Gasteiger partial charge in [-0.25, -0.2) is 10.8 Å². The van der Waals surface area contributed by atoms with E-state index < -0.39 is 5.91 Å². The lowest BCUT2D eigenvalue weighted by molar-refractivity contribution is 0.0953. The first-order chi connectivity index (χ1) is 19.8. The van der Waals surface area contributed by atoms with E-state index in [-0.39, 0.29) is 5.56 Å². The maximum atomic E-state index is 13.7. The van der Waals surface area contributed by atoms with Gasteiger partial charge in [0, 0.05) is 71.0 Å². The van der Waals surface area contributed by atoms with Crippen LogP contribution in [0.5, 0.6) is 0 Å². The molecular formula is C31H36ClN7O2. The number of rotatable bonds is 7. The second-order valence-electron chi connectivity index (χ2n) is 10.3. The van der Waals surface area contributed by atoms with Crippen LogP contribution in [0.3, 0.4) is 0 Å². The molecule has 1 fully saturated rings. The van der Waals surface area contributed by atoms with Crippen molar-refractivity contribution >= 4 is 35.0 Å². The average molecular weight is 574 g/mol. The van der Waals surface area contributed by atoms with Crippen molar-refractivity contribution in [2.75, 3.05) is 43.4 Å². The van der Waals surface area contributed by atoms with Crippen molar-refractivity contribution in [3.8, 4) is 11.1 Å². The highest BCUT2D eigenvalue weighted by molar-refractivity contribution is 6.33. The molecule has 2 aliphatic heterocycles. The van der Waals surface area contributed by atoms with Gasteiger partial charge in [-0.15, -0.1) is 0 Å². The maximum Gasteiger partial charge on any atom is 0.265 e. The van der Waals surface area contributed by atoms with Gasteiger partial charge in [0.1, 0.15) is 11.3 Å². The molecule has 0 aliphatic carbocycles. The molecule has 0 bridgehead atoms. The average Bonchev–Trinajstić information content (AvgIpc) is 3.16. The number of hydrogen-bond donors (Lipinski definition) is 3. The Morgan fingerprint density at radius 1 is 1.02 bits per heavy atom. The molecule has 0 unspecified atom stereocenters. The third-order valence-corrected chi connectivity index (χ3v) is 8.12. The first-order valence-electron chi connectivity index (χ1n) is 14.0. The zero-order valence-electron chi connectivity index (χ0n) is 23.7. The maximum absolute atomic E-state index is 13.7. The third-order valence-electron chi connectivity index (χ3n) is 7.80. The number of aromatic nitrogens is 1. The standard InChI is InChI=1S/C31H36ClN7O2/c1-4-20-6-7-21-18-26(25-13-8-22(19-27(25)32)30(40)36-33)31(41)39(5-2)29(21)35-28(20)34-23-9-11-24(12-10-23)38-16-14-37(3)15-17-38/h7-13,18-19,34H,4-6,14-17,33H2,1-3H3,(H,36,40). The molecule has 1 aromatic heterocycles. The molecule has 9 nitrogen and oxygen atoms in total. The van der Waals surface area contributed by atoms with Crippen molar-refractivity contribution in [1.82, 2.24) is 14.9 Å². The van der Waals surface area contributed by atoms with E-state index in [9.17, 15) is 9.59 Å². The first kappa shape index (κ1) is 28.6. The number of halogens is 1. The fourth-order valence-electron chi connectivity index (χ4n) is 5.30.